The van der Waals surface area contributed by atoms with Gasteiger partial charge >= 0.3 is 0 Å². The summed E-state index contributed by atoms with van der Waals surface area (Å²) < 4.78 is 19.8. The summed E-state index contributed by atoms with van der Waals surface area (Å²) in [7, 11) is 0. The van der Waals surface area contributed by atoms with Crippen LogP contribution in [0, 0.1) is 11.7 Å². The molecule has 1 heterocycles. The Balaban J connectivity index is 1.68. The molecule has 0 radical (unpaired) electrons. The molecule has 3 rings (SSSR count). The number of halogens is 2. The summed E-state index contributed by atoms with van der Waals surface area (Å²) in [6, 6.07) is 5.51. The molecule has 104 valence electrons. The molecule has 1 saturated heterocycles. The third-order valence-corrected chi connectivity index (χ3v) is 4.80. The lowest BCUT2D eigenvalue weighted by Crippen LogP contribution is -2.39. The van der Waals surface area contributed by atoms with Crippen LogP contribution in [0.25, 0.3) is 0 Å². The third kappa shape index (κ3) is 3.01. The van der Waals surface area contributed by atoms with Crippen molar-refractivity contribution < 1.29 is 9.13 Å². The fourth-order valence-electron chi connectivity index (χ4n) is 2.94. The van der Waals surface area contributed by atoms with E-state index in [4.69, 9.17) is 4.74 Å². The summed E-state index contributed by atoms with van der Waals surface area (Å²) in [5, 5.41) is 3.65. The second-order valence-corrected chi connectivity index (χ2v) is 6.48. The Kier molecular flexibility index (Phi) is 3.92. The molecule has 1 saturated carbocycles. The fourth-order valence-corrected chi connectivity index (χ4v) is 3.64. The van der Waals surface area contributed by atoms with Gasteiger partial charge in [-0.05, 0) is 49.8 Å². The van der Waals surface area contributed by atoms with Crippen LogP contribution >= 0.6 is 15.9 Å². The summed E-state index contributed by atoms with van der Waals surface area (Å²) >= 11 is 3.44. The Bertz CT molecular complexity index is 463. The molecule has 1 aliphatic carbocycles. The average molecular weight is 328 g/mol. The molecule has 1 N–H and O–H groups in total. The first-order valence-corrected chi connectivity index (χ1v) is 7.77. The molecule has 0 bridgehead atoms. The summed E-state index contributed by atoms with van der Waals surface area (Å²) in [5.41, 5.74) is 1.10. The molecule has 2 fully saturated rings. The molecule has 19 heavy (non-hydrogen) atoms. The molecule has 3 unspecified atom stereocenters. The van der Waals surface area contributed by atoms with Crippen molar-refractivity contribution in [3.63, 3.8) is 0 Å². The van der Waals surface area contributed by atoms with E-state index in [2.05, 4.69) is 28.2 Å². The van der Waals surface area contributed by atoms with Crippen molar-refractivity contribution in [2.45, 2.75) is 44.4 Å². The van der Waals surface area contributed by atoms with Crippen LogP contribution in [0.3, 0.4) is 0 Å². The molecule has 2 nitrogen and oxygen atoms in total. The second-order valence-electron chi connectivity index (χ2n) is 5.62. The Hall–Kier alpha value is -0.450. The van der Waals surface area contributed by atoms with E-state index in [1.54, 1.807) is 0 Å². The number of benzene rings is 1. The molecule has 2 aliphatic rings. The number of ether oxygens (including phenoxy) is 1. The summed E-state index contributed by atoms with van der Waals surface area (Å²) in [6.07, 6.45) is 4.06. The van der Waals surface area contributed by atoms with E-state index < -0.39 is 0 Å². The Morgan fingerprint density at radius 2 is 2.16 bits per heavy atom. The number of hydrogen-bond donors (Lipinski definition) is 1. The largest absolute Gasteiger partial charge is 0.376 e. The summed E-state index contributed by atoms with van der Waals surface area (Å²) in [6.45, 7) is 2.98. The zero-order valence-corrected chi connectivity index (χ0v) is 12.6. The van der Waals surface area contributed by atoms with Crippen molar-refractivity contribution in [3.05, 3.63) is 34.1 Å². The predicted octanol–water partition coefficient (Wildman–Crippen LogP) is 3.81. The molecule has 4 heteroatoms. The molecule has 1 aliphatic heterocycles. The van der Waals surface area contributed by atoms with Gasteiger partial charge in [0.2, 0.25) is 0 Å². The van der Waals surface area contributed by atoms with Crippen molar-refractivity contribution >= 4 is 15.9 Å². The first-order valence-electron chi connectivity index (χ1n) is 6.98. The molecular formula is C15H19BrFNO. The van der Waals surface area contributed by atoms with Gasteiger partial charge in [0.1, 0.15) is 5.82 Å². The van der Waals surface area contributed by atoms with Gasteiger partial charge in [0, 0.05) is 23.2 Å². The highest BCUT2D eigenvalue weighted by Crippen LogP contribution is 2.39. The summed E-state index contributed by atoms with van der Waals surface area (Å²) in [5.74, 6) is 0.548. The standard InChI is InChI=1S/C15H19BrFNO/c1-9(12-5-4-11(17)8-13(12)16)18-14-6-7-19-15(14)10-2-3-10/h4-5,8-10,14-15,18H,2-3,6-7H2,1H3. The van der Waals surface area contributed by atoms with E-state index in [0.717, 1.165) is 29.0 Å². The third-order valence-electron chi connectivity index (χ3n) is 4.12. The number of hydrogen-bond acceptors (Lipinski definition) is 2. The van der Waals surface area contributed by atoms with Crippen molar-refractivity contribution in [2.75, 3.05) is 6.61 Å². The lowest BCUT2D eigenvalue weighted by Gasteiger charge is -2.24. The molecule has 0 spiro atoms. The van der Waals surface area contributed by atoms with Crippen LogP contribution in [0.1, 0.15) is 37.8 Å². The van der Waals surface area contributed by atoms with Crippen LogP contribution in [0.15, 0.2) is 22.7 Å². The van der Waals surface area contributed by atoms with Crippen LogP contribution in [0.5, 0.6) is 0 Å². The highest BCUT2D eigenvalue weighted by Gasteiger charge is 2.40. The highest BCUT2D eigenvalue weighted by atomic mass is 79.9. The van der Waals surface area contributed by atoms with Gasteiger partial charge in [-0.25, -0.2) is 4.39 Å². The van der Waals surface area contributed by atoms with E-state index in [-0.39, 0.29) is 11.9 Å². The fraction of sp³-hybridized carbons (Fsp3) is 0.600. The van der Waals surface area contributed by atoms with Gasteiger partial charge in [0.15, 0.2) is 0 Å². The maximum absolute atomic E-state index is 13.1. The van der Waals surface area contributed by atoms with E-state index in [1.165, 1.54) is 25.0 Å². The van der Waals surface area contributed by atoms with Crippen molar-refractivity contribution in [3.8, 4) is 0 Å². The first kappa shape index (κ1) is 13.5. The average Bonchev–Trinajstić information content (AvgIpc) is 3.10. The van der Waals surface area contributed by atoms with Gasteiger partial charge < -0.3 is 10.1 Å². The van der Waals surface area contributed by atoms with Crippen LogP contribution in [-0.4, -0.2) is 18.8 Å². The van der Waals surface area contributed by atoms with Crippen LogP contribution < -0.4 is 5.32 Å². The van der Waals surface area contributed by atoms with Crippen LogP contribution in [-0.2, 0) is 4.74 Å². The van der Waals surface area contributed by atoms with E-state index in [9.17, 15) is 4.39 Å². The van der Waals surface area contributed by atoms with Crippen LogP contribution in [0.2, 0.25) is 0 Å². The summed E-state index contributed by atoms with van der Waals surface area (Å²) in [4.78, 5) is 0. The maximum Gasteiger partial charge on any atom is 0.124 e. The number of nitrogens with one attached hydrogen (secondary N) is 1. The predicted molar refractivity (Wildman–Crippen MR) is 76.5 cm³/mol. The molecule has 1 aromatic rings. The molecule has 1 aromatic carbocycles. The van der Waals surface area contributed by atoms with E-state index >= 15 is 0 Å². The molecule has 0 amide bonds. The second kappa shape index (κ2) is 5.51. The smallest absolute Gasteiger partial charge is 0.124 e. The molecule has 0 aromatic heterocycles. The van der Waals surface area contributed by atoms with E-state index in [1.807, 2.05) is 6.07 Å². The molecule has 3 atom stereocenters. The quantitative estimate of drug-likeness (QED) is 0.908. The van der Waals surface area contributed by atoms with Crippen molar-refractivity contribution in [1.29, 1.82) is 0 Å². The lowest BCUT2D eigenvalue weighted by molar-refractivity contribution is 0.0792. The zero-order valence-electron chi connectivity index (χ0n) is 11.0. The van der Waals surface area contributed by atoms with Crippen LogP contribution in [0.4, 0.5) is 4.39 Å². The zero-order chi connectivity index (χ0) is 13.4. The Morgan fingerprint density at radius 1 is 1.37 bits per heavy atom. The van der Waals surface area contributed by atoms with Gasteiger partial charge in [-0.2, -0.15) is 0 Å². The molecular weight excluding hydrogens is 309 g/mol. The Morgan fingerprint density at radius 3 is 2.84 bits per heavy atom. The van der Waals surface area contributed by atoms with E-state index in [0.29, 0.717) is 12.1 Å². The lowest BCUT2D eigenvalue weighted by atomic mass is 10.0. The van der Waals surface area contributed by atoms with Gasteiger partial charge in [0.05, 0.1) is 6.10 Å². The Labute approximate surface area is 121 Å². The van der Waals surface area contributed by atoms with Gasteiger partial charge in [0.25, 0.3) is 0 Å². The minimum atomic E-state index is -0.206. The van der Waals surface area contributed by atoms with Gasteiger partial charge in [-0.15, -0.1) is 0 Å². The minimum absolute atomic E-state index is 0.197. The SMILES string of the molecule is CC(NC1CCOC1C1CC1)c1ccc(F)cc1Br. The van der Waals surface area contributed by atoms with Crippen molar-refractivity contribution in [1.82, 2.24) is 5.32 Å². The monoisotopic (exact) mass is 327 g/mol. The van der Waals surface area contributed by atoms with Gasteiger partial charge in [-0.1, -0.05) is 22.0 Å². The number of rotatable bonds is 4. The van der Waals surface area contributed by atoms with Crippen molar-refractivity contribution in [2.24, 2.45) is 5.92 Å². The highest BCUT2D eigenvalue weighted by molar-refractivity contribution is 9.10. The topological polar surface area (TPSA) is 21.3 Å². The van der Waals surface area contributed by atoms with Gasteiger partial charge in [-0.3, -0.25) is 0 Å². The normalized spacial score (nSPS) is 28.6. The maximum atomic E-state index is 13.1. The minimum Gasteiger partial charge on any atom is -0.376 e. The first-order chi connectivity index (χ1) is 9.15.